The number of halogens is 5. The van der Waals surface area contributed by atoms with Crippen LogP contribution >= 0.6 is 21.7 Å². The van der Waals surface area contributed by atoms with Crippen molar-refractivity contribution in [3.05, 3.63) is 48.0 Å². The summed E-state index contributed by atoms with van der Waals surface area (Å²) in [6, 6.07) is 3.48. The van der Waals surface area contributed by atoms with E-state index in [9.17, 15) is 13.2 Å². The van der Waals surface area contributed by atoms with Crippen LogP contribution < -0.4 is 0 Å². The Morgan fingerprint density at radius 2 is 1.47 bits per heavy atom. The van der Waals surface area contributed by atoms with Gasteiger partial charge in [0.1, 0.15) is 0 Å². The minimum Gasteiger partial charge on any atom is -0.236 e. The summed E-state index contributed by atoms with van der Waals surface area (Å²) in [4.78, 5) is 7.48. The molecule has 0 spiro atoms. The molecule has 0 fully saturated rings. The van der Waals surface area contributed by atoms with Crippen LogP contribution in [0.15, 0.2) is 30.6 Å². The van der Waals surface area contributed by atoms with Crippen molar-refractivity contribution in [3.8, 4) is 11.4 Å². The van der Waals surface area contributed by atoms with E-state index >= 15 is 0 Å². The van der Waals surface area contributed by atoms with E-state index in [1.807, 2.05) is 0 Å². The standard InChI is InChI=1S/C10H5F3N2.Cl2/c11-7-3-2-6(8(12)9(7)13)10-14-4-1-5-15-10;1-2/h1-5H;. The quantitative estimate of drug-likeness (QED) is 0.740. The largest absolute Gasteiger partial charge is 0.236 e. The van der Waals surface area contributed by atoms with Crippen LogP contribution in [0.1, 0.15) is 0 Å². The molecule has 0 atom stereocenters. The third-order valence-corrected chi connectivity index (χ3v) is 1.84. The highest BCUT2D eigenvalue weighted by Gasteiger charge is 2.15. The molecule has 0 N–H and O–H groups in total. The van der Waals surface area contributed by atoms with Gasteiger partial charge in [-0.2, -0.15) is 0 Å². The topological polar surface area (TPSA) is 25.8 Å². The molecule has 0 unspecified atom stereocenters. The van der Waals surface area contributed by atoms with Gasteiger partial charge in [-0.15, -0.1) is 0 Å². The molecule has 7 heteroatoms. The summed E-state index contributed by atoms with van der Waals surface area (Å²) in [5, 5.41) is 0. The lowest BCUT2D eigenvalue weighted by Crippen LogP contribution is -1.96. The third kappa shape index (κ3) is 3.08. The average Bonchev–Trinajstić information content (AvgIpc) is 2.40. The summed E-state index contributed by atoms with van der Waals surface area (Å²) < 4.78 is 38.7. The Morgan fingerprint density at radius 1 is 0.882 bits per heavy atom. The van der Waals surface area contributed by atoms with Crippen LogP contribution in [0.4, 0.5) is 13.2 Å². The second-order valence-electron chi connectivity index (χ2n) is 2.80. The van der Waals surface area contributed by atoms with Crippen molar-refractivity contribution in [1.29, 1.82) is 0 Å². The monoisotopic (exact) mass is 280 g/mol. The zero-order chi connectivity index (χ0) is 12.8. The van der Waals surface area contributed by atoms with Gasteiger partial charge in [-0.1, -0.05) is 0 Å². The first-order valence-corrected chi connectivity index (χ1v) is 5.39. The van der Waals surface area contributed by atoms with E-state index in [1.54, 1.807) is 6.07 Å². The number of benzene rings is 1. The van der Waals surface area contributed by atoms with Crippen LogP contribution in [-0.2, 0) is 0 Å². The lowest BCUT2D eigenvalue weighted by molar-refractivity contribution is 0.448. The summed E-state index contributed by atoms with van der Waals surface area (Å²) in [5.41, 5.74) is -0.158. The molecule has 1 heterocycles. The third-order valence-electron chi connectivity index (χ3n) is 1.84. The maximum absolute atomic E-state index is 13.3. The highest BCUT2D eigenvalue weighted by Crippen LogP contribution is 2.22. The van der Waals surface area contributed by atoms with E-state index in [4.69, 9.17) is 0 Å². The number of aromatic nitrogens is 2. The van der Waals surface area contributed by atoms with E-state index in [-0.39, 0.29) is 11.4 Å². The number of hydrogen-bond acceptors (Lipinski definition) is 2. The van der Waals surface area contributed by atoms with E-state index in [1.165, 1.54) is 12.4 Å². The molecule has 1 aromatic carbocycles. The molecule has 2 nitrogen and oxygen atoms in total. The van der Waals surface area contributed by atoms with Crippen molar-refractivity contribution in [1.82, 2.24) is 9.97 Å². The normalized spacial score (nSPS) is 9.47. The maximum atomic E-state index is 13.3. The van der Waals surface area contributed by atoms with Gasteiger partial charge in [0.05, 0.1) is 5.56 Å². The Balaban J connectivity index is 0.000000686. The first-order valence-electron chi connectivity index (χ1n) is 4.25. The van der Waals surface area contributed by atoms with Crippen molar-refractivity contribution in [2.24, 2.45) is 0 Å². The van der Waals surface area contributed by atoms with Crippen LogP contribution in [0.3, 0.4) is 0 Å². The predicted octanol–water partition coefficient (Wildman–Crippen LogP) is 3.94. The van der Waals surface area contributed by atoms with Gasteiger partial charge in [0, 0.05) is 34.1 Å². The highest BCUT2D eigenvalue weighted by atomic mass is 36.5. The molecule has 2 rings (SSSR count). The fourth-order valence-electron chi connectivity index (χ4n) is 1.14. The Bertz CT molecular complexity index is 494. The van der Waals surface area contributed by atoms with Gasteiger partial charge in [0.25, 0.3) is 0 Å². The molecule has 0 saturated heterocycles. The summed E-state index contributed by atoms with van der Waals surface area (Å²) in [7, 11) is 8.22. The predicted molar refractivity (Wildman–Crippen MR) is 59.0 cm³/mol. The smallest absolute Gasteiger partial charge is 0.195 e. The van der Waals surface area contributed by atoms with Gasteiger partial charge in [-0.05, 0) is 18.2 Å². The molecule has 0 amide bonds. The van der Waals surface area contributed by atoms with Gasteiger partial charge < -0.3 is 0 Å². The minimum atomic E-state index is -1.51. The van der Waals surface area contributed by atoms with Crippen LogP contribution in [0.2, 0.25) is 0 Å². The zero-order valence-electron chi connectivity index (χ0n) is 8.17. The van der Waals surface area contributed by atoms with Gasteiger partial charge in [0.15, 0.2) is 23.3 Å². The molecular weight excluding hydrogens is 276 g/mol. The first-order chi connectivity index (χ1) is 8.20. The van der Waals surface area contributed by atoms with Crippen molar-refractivity contribution in [2.45, 2.75) is 0 Å². The fourth-order valence-corrected chi connectivity index (χ4v) is 1.14. The number of nitrogens with zero attached hydrogens (tertiary/aromatic N) is 2. The number of rotatable bonds is 1. The fraction of sp³-hybridized carbons (Fsp3) is 0. The minimum absolute atomic E-state index is 0.0221. The van der Waals surface area contributed by atoms with Gasteiger partial charge in [-0.25, -0.2) is 23.1 Å². The van der Waals surface area contributed by atoms with Crippen molar-refractivity contribution < 1.29 is 13.2 Å². The van der Waals surface area contributed by atoms with Crippen LogP contribution in [-0.4, -0.2) is 9.97 Å². The molecule has 0 radical (unpaired) electrons. The summed E-state index contributed by atoms with van der Waals surface area (Å²) >= 11 is 0. The van der Waals surface area contributed by atoms with Crippen LogP contribution in [0.5, 0.6) is 0 Å². The molecule has 0 aliphatic carbocycles. The van der Waals surface area contributed by atoms with E-state index in [0.29, 0.717) is 0 Å². The Labute approximate surface area is 105 Å². The van der Waals surface area contributed by atoms with Gasteiger partial charge in [-0.3, -0.25) is 0 Å². The van der Waals surface area contributed by atoms with Gasteiger partial charge in [0.2, 0.25) is 0 Å². The summed E-state index contributed by atoms with van der Waals surface area (Å²) in [5.74, 6) is -4.00. The first kappa shape index (κ1) is 13.7. The van der Waals surface area contributed by atoms with Crippen LogP contribution in [0, 0.1) is 17.5 Å². The zero-order valence-corrected chi connectivity index (χ0v) is 9.68. The number of hydrogen-bond donors (Lipinski definition) is 0. The van der Waals surface area contributed by atoms with Crippen LogP contribution in [0.25, 0.3) is 11.4 Å². The van der Waals surface area contributed by atoms with Crippen molar-refractivity contribution >= 4 is 21.7 Å². The highest BCUT2D eigenvalue weighted by molar-refractivity contribution is 6.85. The van der Waals surface area contributed by atoms with E-state index in [2.05, 4.69) is 31.7 Å². The lowest BCUT2D eigenvalue weighted by Gasteiger charge is -2.02. The molecule has 17 heavy (non-hydrogen) atoms. The maximum Gasteiger partial charge on any atom is 0.195 e. The molecule has 1 aromatic heterocycles. The molecular formula is C10H5Cl2F3N2. The SMILES string of the molecule is ClCl.Fc1ccc(-c2ncccn2)c(F)c1F. The van der Waals surface area contributed by atoms with E-state index < -0.39 is 17.5 Å². The molecule has 0 bridgehead atoms. The molecule has 0 aliphatic rings. The Kier molecular flexibility index (Phi) is 5.18. The lowest BCUT2D eigenvalue weighted by atomic mass is 10.2. The van der Waals surface area contributed by atoms with E-state index in [0.717, 1.165) is 12.1 Å². The molecule has 0 aliphatic heterocycles. The molecule has 2 aromatic rings. The van der Waals surface area contributed by atoms with Gasteiger partial charge >= 0.3 is 0 Å². The van der Waals surface area contributed by atoms with Crippen molar-refractivity contribution in [2.75, 3.05) is 0 Å². The Morgan fingerprint density at radius 3 is 2.06 bits per heavy atom. The molecule has 90 valence electrons. The Hall–Kier alpha value is -1.33. The molecule has 0 saturated carbocycles. The van der Waals surface area contributed by atoms with Crippen molar-refractivity contribution in [3.63, 3.8) is 0 Å². The summed E-state index contributed by atoms with van der Waals surface area (Å²) in [6.07, 6.45) is 2.78. The second-order valence-corrected chi connectivity index (χ2v) is 2.80. The average molecular weight is 281 g/mol. The second kappa shape index (κ2) is 6.42. The summed E-state index contributed by atoms with van der Waals surface area (Å²) in [6.45, 7) is 0.